The van der Waals surface area contributed by atoms with E-state index in [0.29, 0.717) is 17.1 Å². The number of methoxy groups -OCH3 is 2. The summed E-state index contributed by atoms with van der Waals surface area (Å²) in [6.07, 6.45) is 1.36. The molecule has 0 saturated carbocycles. The van der Waals surface area contributed by atoms with Crippen LogP contribution in [0.5, 0.6) is 17.2 Å². The number of esters is 2. The highest BCUT2D eigenvalue weighted by Crippen LogP contribution is 2.29. The van der Waals surface area contributed by atoms with Crippen molar-refractivity contribution in [2.75, 3.05) is 20.8 Å². The second-order valence-electron chi connectivity index (χ2n) is 5.39. The van der Waals surface area contributed by atoms with Crippen LogP contribution in [0, 0.1) is 11.3 Å². The lowest BCUT2D eigenvalue weighted by molar-refractivity contribution is -0.137. The molecular weight excluding hydrogens is 362 g/mol. The number of rotatable bonds is 7. The van der Waals surface area contributed by atoms with Gasteiger partial charge in [-0.05, 0) is 42.8 Å². The first-order chi connectivity index (χ1) is 13.5. The third-order valence-electron chi connectivity index (χ3n) is 3.63. The van der Waals surface area contributed by atoms with E-state index in [1.54, 1.807) is 49.4 Å². The van der Waals surface area contributed by atoms with Crippen LogP contribution in [0.15, 0.2) is 48.0 Å². The minimum Gasteiger partial charge on any atom is -0.496 e. The molecule has 0 atom stereocenters. The maximum Gasteiger partial charge on any atom is 0.351 e. The van der Waals surface area contributed by atoms with Crippen molar-refractivity contribution in [1.82, 2.24) is 0 Å². The molecule has 0 aliphatic rings. The van der Waals surface area contributed by atoms with Crippen molar-refractivity contribution in [3.8, 4) is 23.3 Å². The molecule has 0 amide bonds. The molecule has 2 aromatic carbocycles. The van der Waals surface area contributed by atoms with Crippen LogP contribution in [-0.2, 0) is 9.53 Å². The number of hydrogen-bond acceptors (Lipinski definition) is 7. The van der Waals surface area contributed by atoms with E-state index >= 15 is 0 Å². The number of nitrogens with zero attached hydrogens (tertiary/aromatic N) is 1. The highest BCUT2D eigenvalue weighted by atomic mass is 16.5. The molecule has 0 unspecified atom stereocenters. The number of hydrogen-bond donors (Lipinski definition) is 0. The van der Waals surface area contributed by atoms with Crippen LogP contribution < -0.4 is 14.2 Å². The van der Waals surface area contributed by atoms with Crippen molar-refractivity contribution in [2.24, 2.45) is 0 Å². The Morgan fingerprint density at radius 3 is 2.29 bits per heavy atom. The van der Waals surface area contributed by atoms with Crippen molar-refractivity contribution in [3.05, 3.63) is 59.2 Å². The fourth-order valence-electron chi connectivity index (χ4n) is 2.39. The Bertz CT molecular complexity index is 920. The topological polar surface area (TPSA) is 94.9 Å². The molecule has 0 saturated heterocycles. The zero-order chi connectivity index (χ0) is 20.5. The number of ether oxygens (including phenoxy) is 4. The number of carbonyl (C=O) groups is 2. The molecule has 2 rings (SSSR count). The van der Waals surface area contributed by atoms with Gasteiger partial charge in [-0.25, -0.2) is 9.59 Å². The summed E-state index contributed by atoms with van der Waals surface area (Å²) in [4.78, 5) is 24.4. The SMILES string of the molecule is CCOC(=O)C(C#N)=Cc1cccc(OC(=O)c2c(OC)cccc2OC)c1. The predicted molar refractivity (Wildman–Crippen MR) is 101 cm³/mol. The van der Waals surface area contributed by atoms with Crippen molar-refractivity contribution in [1.29, 1.82) is 5.26 Å². The third-order valence-corrected chi connectivity index (χ3v) is 3.63. The number of carbonyl (C=O) groups excluding carboxylic acids is 2. The second kappa shape index (κ2) is 9.78. The van der Waals surface area contributed by atoms with Gasteiger partial charge in [-0.1, -0.05) is 18.2 Å². The molecule has 0 heterocycles. The Kier molecular flexibility index (Phi) is 7.17. The van der Waals surface area contributed by atoms with Gasteiger partial charge < -0.3 is 18.9 Å². The fourth-order valence-corrected chi connectivity index (χ4v) is 2.39. The Hall–Kier alpha value is -3.79. The molecule has 0 aromatic heterocycles. The van der Waals surface area contributed by atoms with E-state index in [4.69, 9.17) is 24.2 Å². The van der Waals surface area contributed by atoms with Gasteiger partial charge in [-0.3, -0.25) is 0 Å². The highest BCUT2D eigenvalue weighted by Gasteiger charge is 2.20. The summed E-state index contributed by atoms with van der Waals surface area (Å²) in [6.45, 7) is 1.81. The van der Waals surface area contributed by atoms with Gasteiger partial charge in [0.15, 0.2) is 0 Å². The summed E-state index contributed by atoms with van der Waals surface area (Å²) >= 11 is 0. The Labute approximate surface area is 162 Å². The average Bonchev–Trinajstić information content (AvgIpc) is 2.71. The van der Waals surface area contributed by atoms with Gasteiger partial charge in [0.2, 0.25) is 0 Å². The van der Waals surface area contributed by atoms with Crippen LogP contribution in [0.25, 0.3) is 6.08 Å². The average molecular weight is 381 g/mol. The maximum absolute atomic E-state index is 12.6. The quantitative estimate of drug-likeness (QED) is 0.314. The van der Waals surface area contributed by atoms with E-state index in [-0.39, 0.29) is 23.5 Å². The summed E-state index contributed by atoms with van der Waals surface area (Å²) in [5.41, 5.74) is 0.497. The monoisotopic (exact) mass is 381 g/mol. The first kappa shape index (κ1) is 20.5. The van der Waals surface area contributed by atoms with Gasteiger partial charge in [0.05, 0.1) is 20.8 Å². The first-order valence-corrected chi connectivity index (χ1v) is 8.36. The van der Waals surface area contributed by atoms with E-state index in [2.05, 4.69) is 0 Å². The Morgan fingerprint density at radius 1 is 1.07 bits per heavy atom. The molecule has 0 aliphatic heterocycles. The second-order valence-corrected chi connectivity index (χ2v) is 5.39. The Balaban J connectivity index is 2.30. The lowest BCUT2D eigenvalue weighted by Gasteiger charge is -2.12. The number of benzene rings is 2. The predicted octanol–water partition coefficient (Wildman–Crippen LogP) is 3.39. The first-order valence-electron chi connectivity index (χ1n) is 8.36. The van der Waals surface area contributed by atoms with Gasteiger partial charge >= 0.3 is 11.9 Å². The van der Waals surface area contributed by atoms with Crippen LogP contribution in [0.4, 0.5) is 0 Å². The lowest BCUT2D eigenvalue weighted by Crippen LogP contribution is -2.12. The highest BCUT2D eigenvalue weighted by molar-refractivity contribution is 5.98. The van der Waals surface area contributed by atoms with E-state index in [1.165, 1.54) is 26.4 Å². The Morgan fingerprint density at radius 2 is 1.71 bits per heavy atom. The standard InChI is InChI=1S/C21H19NO6/c1-4-27-20(23)15(13-22)11-14-7-5-8-16(12-14)28-21(24)19-17(25-2)9-6-10-18(19)26-3/h5-12H,4H2,1-3H3. The summed E-state index contributed by atoms with van der Waals surface area (Å²) < 4.78 is 20.7. The van der Waals surface area contributed by atoms with Crippen LogP contribution in [0.3, 0.4) is 0 Å². The molecule has 28 heavy (non-hydrogen) atoms. The minimum absolute atomic E-state index is 0.151. The molecule has 0 bridgehead atoms. The van der Waals surface area contributed by atoms with Crippen molar-refractivity contribution in [3.63, 3.8) is 0 Å². The van der Waals surface area contributed by atoms with Crippen LogP contribution >= 0.6 is 0 Å². The van der Waals surface area contributed by atoms with Gasteiger partial charge in [0.1, 0.15) is 34.5 Å². The lowest BCUT2D eigenvalue weighted by atomic mass is 10.1. The van der Waals surface area contributed by atoms with Gasteiger partial charge in [0, 0.05) is 0 Å². The summed E-state index contributed by atoms with van der Waals surface area (Å²) in [5.74, 6) is -0.524. The zero-order valence-electron chi connectivity index (χ0n) is 15.7. The fraction of sp³-hybridized carbons (Fsp3) is 0.190. The molecule has 7 heteroatoms. The minimum atomic E-state index is -0.717. The van der Waals surface area contributed by atoms with Gasteiger partial charge in [0.25, 0.3) is 0 Å². The normalized spacial score (nSPS) is 10.6. The molecule has 0 aliphatic carbocycles. The molecule has 2 aromatic rings. The molecule has 0 N–H and O–H groups in total. The van der Waals surface area contributed by atoms with Crippen LogP contribution in [0.1, 0.15) is 22.8 Å². The van der Waals surface area contributed by atoms with Crippen molar-refractivity contribution >= 4 is 18.0 Å². The maximum atomic E-state index is 12.6. The summed E-state index contributed by atoms with van der Waals surface area (Å²) in [7, 11) is 2.88. The molecular formula is C21H19NO6. The smallest absolute Gasteiger partial charge is 0.351 e. The van der Waals surface area contributed by atoms with Crippen molar-refractivity contribution in [2.45, 2.75) is 6.92 Å². The van der Waals surface area contributed by atoms with E-state index in [9.17, 15) is 9.59 Å². The molecule has 144 valence electrons. The van der Waals surface area contributed by atoms with E-state index in [1.807, 2.05) is 0 Å². The third kappa shape index (κ3) is 4.89. The van der Waals surface area contributed by atoms with Crippen LogP contribution in [0.2, 0.25) is 0 Å². The van der Waals surface area contributed by atoms with E-state index < -0.39 is 11.9 Å². The largest absolute Gasteiger partial charge is 0.496 e. The van der Waals surface area contributed by atoms with Gasteiger partial charge in [-0.2, -0.15) is 5.26 Å². The van der Waals surface area contributed by atoms with Crippen molar-refractivity contribution < 1.29 is 28.5 Å². The van der Waals surface area contributed by atoms with Crippen LogP contribution in [-0.4, -0.2) is 32.8 Å². The molecule has 0 spiro atoms. The summed E-state index contributed by atoms with van der Waals surface area (Å²) in [6, 6.07) is 13.1. The van der Waals surface area contributed by atoms with E-state index in [0.717, 1.165) is 0 Å². The molecule has 0 radical (unpaired) electrons. The molecule has 0 fully saturated rings. The zero-order valence-corrected chi connectivity index (χ0v) is 15.7. The molecule has 7 nitrogen and oxygen atoms in total. The summed E-state index contributed by atoms with van der Waals surface area (Å²) in [5, 5.41) is 9.13. The number of nitriles is 1. The van der Waals surface area contributed by atoms with Gasteiger partial charge in [-0.15, -0.1) is 0 Å².